The van der Waals surface area contributed by atoms with Gasteiger partial charge in [-0.25, -0.2) is 4.68 Å². The molecule has 1 heterocycles. The molecule has 0 aliphatic carbocycles. The van der Waals surface area contributed by atoms with E-state index in [4.69, 9.17) is 12.2 Å². The molecule has 0 aliphatic heterocycles. The second-order valence-corrected chi connectivity index (χ2v) is 3.57. The van der Waals surface area contributed by atoms with Gasteiger partial charge in [-0.1, -0.05) is 0 Å². The van der Waals surface area contributed by atoms with Crippen LogP contribution in [0.2, 0.25) is 0 Å². The van der Waals surface area contributed by atoms with Gasteiger partial charge in [0.25, 0.3) is 5.69 Å². The van der Waals surface area contributed by atoms with Crippen LogP contribution < -0.4 is 5.32 Å². The molecule has 0 fully saturated rings. The average molecular weight is 248 g/mol. The molecule has 1 aromatic carbocycles. The number of thiocarbonyl (C=S) groups is 1. The third kappa shape index (κ3) is 2.64. The van der Waals surface area contributed by atoms with E-state index in [9.17, 15) is 10.1 Å². The molecule has 0 aliphatic rings. The van der Waals surface area contributed by atoms with E-state index in [2.05, 4.69) is 10.4 Å². The zero-order valence-electron chi connectivity index (χ0n) is 8.61. The number of nitro groups is 1. The molecule has 0 bridgehead atoms. The second-order valence-electron chi connectivity index (χ2n) is 3.18. The van der Waals surface area contributed by atoms with E-state index < -0.39 is 4.92 Å². The summed E-state index contributed by atoms with van der Waals surface area (Å²) in [5.74, 6) is 0. The first-order chi connectivity index (χ1) is 8.16. The Morgan fingerprint density at radius 1 is 1.41 bits per heavy atom. The van der Waals surface area contributed by atoms with Gasteiger partial charge in [0.1, 0.15) is 0 Å². The topological polar surface area (TPSA) is 73.0 Å². The van der Waals surface area contributed by atoms with Crippen LogP contribution in [0.3, 0.4) is 0 Å². The Bertz CT molecular complexity index is 536. The Morgan fingerprint density at radius 2 is 2.12 bits per heavy atom. The average Bonchev–Trinajstić information content (AvgIpc) is 2.83. The third-order valence-corrected chi connectivity index (χ3v) is 2.33. The normalized spacial score (nSPS) is 9.88. The summed E-state index contributed by atoms with van der Waals surface area (Å²) in [5, 5.41) is 17.8. The van der Waals surface area contributed by atoms with Gasteiger partial charge in [-0.2, -0.15) is 5.10 Å². The number of anilines is 1. The molecule has 0 saturated heterocycles. The van der Waals surface area contributed by atoms with Gasteiger partial charge in [0.2, 0.25) is 0 Å². The van der Waals surface area contributed by atoms with Crippen molar-refractivity contribution in [3.05, 3.63) is 52.8 Å². The van der Waals surface area contributed by atoms with E-state index in [1.54, 1.807) is 30.6 Å². The van der Waals surface area contributed by atoms with Crippen LogP contribution in [-0.2, 0) is 0 Å². The van der Waals surface area contributed by atoms with E-state index in [1.807, 2.05) is 0 Å². The lowest BCUT2D eigenvalue weighted by Crippen LogP contribution is -2.19. The number of nitro benzene ring substituents is 1. The number of hydrogen-bond acceptors (Lipinski definition) is 4. The molecule has 0 saturated carbocycles. The van der Waals surface area contributed by atoms with Crippen molar-refractivity contribution in [3.63, 3.8) is 0 Å². The van der Waals surface area contributed by atoms with Crippen LogP contribution in [0, 0.1) is 10.1 Å². The summed E-state index contributed by atoms with van der Waals surface area (Å²) >= 11 is 5.10. The molecular weight excluding hydrogens is 240 g/mol. The molecule has 0 atom stereocenters. The molecule has 0 amide bonds. The van der Waals surface area contributed by atoms with Gasteiger partial charge in [0.05, 0.1) is 4.92 Å². The third-order valence-electron chi connectivity index (χ3n) is 2.04. The standard InChI is InChI=1S/C10H8N4O2S/c15-14(16)9-4-2-8(3-5-9)12-10(17)13-7-1-6-11-13/h1-7H,(H,12,17). The molecule has 86 valence electrons. The predicted octanol–water partition coefficient (Wildman–Crippen LogP) is 2.04. The largest absolute Gasteiger partial charge is 0.331 e. The van der Waals surface area contributed by atoms with E-state index >= 15 is 0 Å². The number of non-ortho nitro benzene ring substituents is 1. The highest BCUT2D eigenvalue weighted by Gasteiger charge is 2.05. The van der Waals surface area contributed by atoms with Crippen LogP contribution in [0.25, 0.3) is 0 Å². The van der Waals surface area contributed by atoms with Crippen molar-refractivity contribution in [1.82, 2.24) is 9.78 Å². The van der Waals surface area contributed by atoms with Crippen molar-refractivity contribution in [2.75, 3.05) is 5.32 Å². The first-order valence-electron chi connectivity index (χ1n) is 4.72. The Labute approximate surface area is 102 Å². The molecule has 0 radical (unpaired) electrons. The quantitative estimate of drug-likeness (QED) is 0.500. The Morgan fingerprint density at radius 3 is 2.65 bits per heavy atom. The first-order valence-corrected chi connectivity index (χ1v) is 5.13. The molecule has 0 spiro atoms. The molecular formula is C10H8N4O2S. The summed E-state index contributed by atoms with van der Waals surface area (Å²) in [5.41, 5.74) is 0.719. The fraction of sp³-hybridized carbons (Fsp3) is 0. The number of hydrogen-bond donors (Lipinski definition) is 1. The monoisotopic (exact) mass is 248 g/mol. The van der Waals surface area contributed by atoms with Gasteiger partial charge in [-0.15, -0.1) is 0 Å². The number of rotatable bonds is 2. The Balaban J connectivity index is 2.09. The number of aromatic nitrogens is 2. The summed E-state index contributed by atoms with van der Waals surface area (Å²) in [6.45, 7) is 0. The van der Waals surface area contributed by atoms with E-state index in [1.165, 1.54) is 16.8 Å². The Hall–Kier alpha value is -2.28. The van der Waals surface area contributed by atoms with Crippen LogP contribution in [0.5, 0.6) is 0 Å². The lowest BCUT2D eigenvalue weighted by molar-refractivity contribution is -0.384. The lowest BCUT2D eigenvalue weighted by atomic mass is 10.3. The lowest BCUT2D eigenvalue weighted by Gasteiger charge is -2.06. The van der Waals surface area contributed by atoms with Crippen LogP contribution >= 0.6 is 12.2 Å². The number of benzene rings is 1. The Kier molecular flexibility index (Phi) is 3.10. The minimum atomic E-state index is -0.449. The van der Waals surface area contributed by atoms with Crippen molar-refractivity contribution in [2.24, 2.45) is 0 Å². The zero-order valence-corrected chi connectivity index (χ0v) is 9.42. The smallest absolute Gasteiger partial charge is 0.269 e. The van der Waals surface area contributed by atoms with Crippen LogP contribution in [-0.4, -0.2) is 19.8 Å². The minimum Gasteiger partial charge on any atom is -0.331 e. The van der Waals surface area contributed by atoms with Crippen LogP contribution in [0.4, 0.5) is 11.4 Å². The first kappa shape index (κ1) is 11.2. The highest BCUT2D eigenvalue weighted by Crippen LogP contribution is 2.15. The van der Waals surface area contributed by atoms with Gasteiger partial charge in [0.15, 0.2) is 5.11 Å². The summed E-state index contributed by atoms with van der Waals surface area (Å²) in [6, 6.07) is 7.76. The summed E-state index contributed by atoms with van der Waals surface area (Å²) in [7, 11) is 0. The van der Waals surface area contributed by atoms with Gasteiger partial charge < -0.3 is 5.32 Å². The van der Waals surface area contributed by atoms with Crippen molar-refractivity contribution in [2.45, 2.75) is 0 Å². The highest BCUT2D eigenvalue weighted by molar-refractivity contribution is 7.80. The maximum atomic E-state index is 10.5. The van der Waals surface area contributed by atoms with Gasteiger partial charge >= 0.3 is 0 Å². The maximum Gasteiger partial charge on any atom is 0.269 e. The fourth-order valence-electron chi connectivity index (χ4n) is 1.24. The molecule has 2 rings (SSSR count). The van der Waals surface area contributed by atoms with Gasteiger partial charge in [0, 0.05) is 30.2 Å². The van der Waals surface area contributed by atoms with Crippen LogP contribution in [0.15, 0.2) is 42.7 Å². The van der Waals surface area contributed by atoms with E-state index in [0.717, 1.165) is 0 Å². The van der Waals surface area contributed by atoms with Crippen LogP contribution in [0.1, 0.15) is 0 Å². The molecule has 1 N–H and O–H groups in total. The molecule has 17 heavy (non-hydrogen) atoms. The zero-order chi connectivity index (χ0) is 12.3. The van der Waals surface area contributed by atoms with Gasteiger partial charge in [-0.05, 0) is 30.4 Å². The number of nitrogens with one attached hydrogen (secondary N) is 1. The van der Waals surface area contributed by atoms with Crippen molar-refractivity contribution < 1.29 is 4.92 Å². The second kappa shape index (κ2) is 4.71. The van der Waals surface area contributed by atoms with Crippen molar-refractivity contribution in [3.8, 4) is 0 Å². The highest BCUT2D eigenvalue weighted by atomic mass is 32.1. The molecule has 2 aromatic rings. The summed E-state index contributed by atoms with van der Waals surface area (Å²) in [4.78, 5) is 10.0. The predicted molar refractivity (Wildman–Crippen MR) is 66.9 cm³/mol. The fourth-order valence-corrected chi connectivity index (χ4v) is 1.46. The maximum absolute atomic E-state index is 10.5. The number of nitrogens with zero attached hydrogens (tertiary/aromatic N) is 3. The SMILES string of the molecule is O=[N+]([O-])c1ccc(NC(=S)n2cccn2)cc1. The molecule has 6 nitrogen and oxygen atoms in total. The van der Waals surface area contributed by atoms with Crippen molar-refractivity contribution in [1.29, 1.82) is 0 Å². The minimum absolute atomic E-state index is 0.0422. The molecule has 0 unspecified atom stereocenters. The van der Waals surface area contributed by atoms with E-state index in [0.29, 0.717) is 10.8 Å². The van der Waals surface area contributed by atoms with Gasteiger partial charge in [-0.3, -0.25) is 10.1 Å². The summed E-state index contributed by atoms with van der Waals surface area (Å²) < 4.78 is 1.50. The molecule has 7 heteroatoms. The summed E-state index contributed by atoms with van der Waals surface area (Å²) in [6.07, 6.45) is 3.32. The van der Waals surface area contributed by atoms with E-state index in [-0.39, 0.29) is 5.69 Å². The van der Waals surface area contributed by atoms with Crippen molar-refractivity contribution >= 4 is 28.7 Å². The molecule has 1 aromatic heterocycles.